The lowest BCUT2D eigenvalue weighted by Gasteiger charge is -1.94. The normalized spacial score (nSPS) is 12.1. The molecule has 2 N–H and O–H groups in total. The second-order valence-corrected chi connectivity index (χ2v) is 3.09. The Hall–Kier alpha value is -1.32. The molecule has 0 fully saturated rings. The second-order valence-electron chi connectivity index (χ2n) is 3.09. The van der Waals surface area contributed by atoms with Crippen LogP contribution < -0.4 is 5.73 Å². The maximum absolute atomic E-state index is 5.46. The lowest BCUT2D eigenvalue weighted by molar-refractivity contribution is 0.746. The van der Waals surface area contributed by atoms with Crippen LogP contribution in [0.2, 0.25) is 0 Å². The molecule has 1 heterocycles. The van der Waals surface area contributed by atoms with Crippen LogP contribution in [0.4, 0.5) is 0 Å². The van der Waals surface area contributed by atoms with Gasteiger partial charge in [0.25, 0.3) is 0 Å². The van der Waals surface area contributed by atoms with Crippen molar-refractivity contribution in [1.82, 2.24) is 9.78 Å². The summed E-state index contributed by atoms with van der Waals surface area (Å²) < 4.78 is 1.82. The van der Waals surface area contributed by atoms with Crippen molar-refractivity contribution in [3.63, 3.8) is 0 Å². The molecule has 1 aromatic heterocycles. The number of amidine groups is 1. The van der Waals surface area contributed by atoms with Crippen LogP contribution in [0.25, 0.3) is 0 Å². The Morgan fingerprint density at radius 2 is 2.38 bits per heavy atom. The zero-order valence-electron chi connectivity index (χ0n) is 8.41. The maximum Gasteiger partial charge on any atom is 0.0909 e. The Kier molecular flexibility index (Phi) is 3.06. The molecule has 0 aromatic carbocycles. The number of hydrogen-bond donors (Lipinski definition) is 1. The van der Waals surface area contributed by atoms with Gasteiger partial charge in [0.1, 0.15) is 0 Å². The summed E-state index contributed by atoms with van der Waals surface area (Å²) >= 11 is 0. The predicted molar refractivity (Wildman–Crippen MR) is 53.6 cm³/mol. The number of nitrogens with zero attached hydrogens (tertiary/aromatic N) is 3. The van der Waals surface area contributed by atoms with E-state index in [1.807, 2.05) is 17.9 Å². The summed E-state index contributed by atoms with van der Waals surface area (Å²) in [4.78, 5) is 4.16. The van der Waals surface area contributed by atoms with Gasteiger partial charge in [0, 0.05) is 18.8 Å². The molecule has 0 saturated carbocycles. The zero-order valence-corrected chi connectivity index (χ0v) is 8.41. The molecule has 0 aliphatic carbocycles. The summed E-state index contributed by atoms with van der Waals surface area (Å²) in [5.41, 5.74) is 7.73. The van der Waals surface area contributed by atoms with Gasteiger partial charge in [0.2, 0.25) is 0 Å². The van der Waals surface area contributed by atoms with Gasteiger partial charge in [0.15, 0.2) is 0 Å². The maximum atomic E-state index is 5.46. The first-order valence-electron chi connectivity index (χ1n) is 4.41. The highest BCUT2D eigenvalue weighted by Gasteiger charge is 2.03. The van der Waals surface area contributed by atoms with Crippen LogP contribution in [0, 0.1) is 0 Å². The van der Waals surface area contributed by atoms with E-state index >= 15 is 0 Å². The predicted octanol–water partition coefficient (Wildman–Crippen LogP) is 0.860. The van der Waals surface area contributed by atoms with E-state index in [-0.39, 0.29) is 0 Å². The van der Waals surface area contributed by atoms with E-state index in [1.165, 1.54) is 0 Å². The molecule has 4 nitrogen and oxygen atoms in total. The molecule has 1 aromatic rings. The van der Waals surface area contributed by atoms with Gasteiger partial charge in [-0.25, -0.2) is 0 Å². The van der Waals surface area contributed by atoms with E-state index in [1.54, 1.807) is 6.92 Å². The highest BCUT2D eigenvalue weighted by Crippen LogP contribution is 2.08. The SMILES string of the molecule is CCc1nn(C)cc1CN=C(C)N. The first-order valence-corrected chi connectivity index (χ1v) is 4.41. The third-order valence-corrected chi connectivity index (χ3v) is 1.83. The van der Waals surface area contributed by atoms with Crippen molar-refractivity contribution >= 4 is 5.84 Å². The first-order chi connectivity index (χ1) is 6.13. The van der Waals surface area contributed by atoms with Crippen molar-refractivity contribution in [3.8, 4) is 0 Å². The van der Waals surface area contributed by atoms with E-state index in [4.69, 9.17) is 5.73 Å². The van der Waals surface area contributed by atoms with Gasteiger partial charge in [-0.15, -0.1) is 0 Å². The number of nitrogens with two attached hydrogens (primary N) is 1. The summed E-state index contributed by atoms with van der Waals surface area (Å²) in [6.07, 6.45) is 2.93. The molecular weight excluding hydrogens is 164 g/mol. The molecule has 0 atom stereocenters. The van der Waals surface area contributed by atoms with E-state index in [0.29, 0.717) is 12.4 Å². The summed E-state index contributed by atoms with van der Waals surface area (Å²) in [6, 6.07) is 0. The van der Waals surface area contributed by atoms with Gasteiger partial charge < -0.3 is 5.73 Å². The molecule has 0 aliphatic heterocycles. The molecule has 0 spiro atoms. The van der Waals surface area contributed by atoms with Crippen molar-refractivity contribution in [2.45, 2.75) is 26.8 Å². The molecule has 0 radical (unpaired) electrons. The van der Waals surface area contributed by atoms with Crippen LogP contribution in [-0.2, 0) is 20.0 Å². The highest BCUT2D eigenvalue weighted by molar-refractivity contribution is 5.77. The van der Waals surface area contributed by atoms with Crippen molar-refractivity contribution in [1.29, 1.82) is 0 Å². The molecule has 0 saturated heterocycles. The minimum absolute atomic E-state index is 0.617. The van der Waals surface area contributed by atoms with Crippen LogP contribution in [0.15, 0.2) is 11.2 Å². The number of aliphatic imine (C=N–C) groups is 1. The minimum Gasteiger partial charge on any atom is -0.388 e. The van der Waals surface area contributed by atoms with Crippen LogP contribution >= 0.6 is 0 Å². The molecule has 1 rings (SSSR count). The molecular formula is C9H16N4. The molecule has 72 valence electrons. The Morgan fingerprint density at radius 1 is 1.69 bits per heavy atom. The fourth-order valence-corrected chi connectivity index (χ4v) is 1.22. The summed E-state index contributed by atoms with van der Waals surface area (Å²) in [6.45, 7) is 4.52. The molecule has 4 heteroatoms. The average Bonchev–Trinajstić information content (AvgIpc) is 2.42. The largest absolute Gasteiger partial charge is 0.388 e. The summed E-state index contributed by atoms with van der Waals surface area (Å²) in [5.74, 6) is 0.617. The highest BCUT2D eigenvalue weighted by atomic mass is 15.3. The van der Waals surface area contributed by atoms with Crippen LogP contribution in [0.1, 0.15) is 25.1 Å². The second kappa shape index (κ2) is 4.07. The Balaban J connectivity index is 2.81. The number of aryl methyl sites for hydroxylation is 2. The Bertz CT molecular complexity index is 307. The van der Waals surface area contributed by atoms with Gasteiger partial charge in [0.05, 0.1) is 18.1 Å². The number of rotatable bonds is 3. The lowest BCUT2D eigenvalue weighted by atomic mass is 10.2. The van der Waals surface area contributed by atoms with Crippen molar-refractivity contribution in [2.75, 3.05) is 0 Å². The molecule has 0 aliphatic rings. The van der Waals surface area contributed by atoms with Crippen LogP contribution in [0.3, 0.4) is 0 Å². The fourth-order valence-electron chi connectivity index (χ4n) is 1.22. The Labute approximate surface area is 78.5 Å². The number of hydrogen-bond acceptors (Lipinski definition) is 2. The average molecular weight is 180 g/mol. The van der Waals surface area contributed by atoms with Crippen LogP contribution in [0.5, 0.6) is 0 Å². The van der Waals surface area contributed by atoms with Gasteiger partial charge in [-0.05, 0) is 13.3 Å². The molecule has 0 unspecified atom stereocenters. The van der Waals surface area contributed by atoms with E-state index in [9.17, 15) is 0 Å². The van der Waals surface area contributed by atoms with E-state index < -0.39 is 0 Å². The third kappa shape index (κ3) is 2.57. The van der Waals surface area contributed by atoms with Gasteiger partial charge in [-0.2, -0.15) is 5.10 Å². The Morgan fingerprint density at radius 3 is 2.92 bits per heavy atom. The number of aromatic nitrogens is 2. The topological polar surface area (TPSA) is 56.2 Å². The van der Waals surface area contributed by atoms with Crippen LogP contribution in [-0.4, -0.2) is 15.6 Å². The quantitative estimate of drug-likeness (QED) is 0.554. The summed E-state index contributed by atoms with van der Waals surface area (Å²) in [5, 5.41) is 4.31. The monoisotopic (exact) mass is 180 g/mol. The molecule has 0 amide bonds. The fraction of sp³-hybridized carbons (Fsp3) is 0.556. The zero-order chi connectivity index (χ0) is 9.84. The smallest absolute Gasteiger partial charge is 0.0909 e. The van der Waals surface area contributed by atoms with Crippen molar-refractivity contribution in [3.05, 3.63) is 17.5 Å². The minimum atomic E-state index is 0.617. The standard InChI is InChI=1S/C9H16N4/c1-4-9-8(5-11-7(2)10)6-13(3)12-9/h6H,4-5H2,1-3H3,(H2,10,11). The lowest BCUT2D eigenvalue weighted by Crippen LogP contribution is -2.05. The summed E-state index contributed by atoms with van der Waals surface area (Å²) in [7, 11) is 1.92. The third-order valence-electron chi connectivity index (χ3n) is 1.83. The first kappa shape index (κ1) is 9.77. The van der Waals surface area contributed by atoms with E-state index in [0.717, 1.165) is 17.7 Å². The molecule has 0 bridgehead atoms. The van der Waals surface area contributed by atoms with Crippen molar-refractivity contribution < 1.29 is 0 Å². The van der Waals surface area contributed by atoms with Crippen molar-refractivity contribution in [2.24, 2.45) is 17.8 Å². The molecule has 13 heavy (non-hydrogen) atoms. The van der Waals surface area contributed by atoms with Gasteiger partial charge in [-0.3, -0.25) is 9.67 Å². The van der Waals surface area contributed by atoms with Gasteiger partial charge in [-0.1, -0.05) is 6.92 Å². The van der Waals surface area contributed by atoms with Gasteiger partial charge >= 0.3 is 0 Å². The van der Waals surface area contributed by atoms with E-state index in [2.05, 4.69) is 17.0 Å².